The predicted octanol–water partition coefficient (Wildman–Crippen LogP) is 6.30. The maximum atomic E-state index is 12.8. The number of amides is 1. The smallest absolute Gasteiger partial charge is 0.415 e. The topological polar surface area (TPSA) is 29.5 Å². The first kappa shape index (κ1) is 18.6. The first-order valence-corrected chi connectivity index (χ1v) is 9.23. The van der Waals surface area contributed by atoms with Gasteiger partial charge >= 0.3 is 6.09 Å². The highest BCUT2D eigenvalue weighted by Crippen LogP contribution is 2.44. The summed E-state index contributed by atoms with van der Waals surface area (Å²) in [6, 6.07) is 2.12. The van der Waals surface area contributed by atoms with Crippen molar-refractivity contribution in [3.63, 3.8) is 0 Å². The van der Waals surface area contributed by atoms with Crippen LogP contribution in [0.4, 0.5) is 10.5 Å². The summed E-state index contributed by atoms with van der Waals surface area (Å²) in [5, 5.41) is 0.699. The lowest BCUT2D eigenvalue weighted by atomic mass is 9.90. The number of hydrogen-bond acceptors (Lipinski definition) is 2. The number of nitrogens with zero attached hydrogens (tertiary/aromatic N) is 1. The van der Waals surface area contributed by atoms with Gasteiger partial charge in [-0.05, 0) is 79.6 Å². The van der Waals surface area contributed by atoms with E-state index in [9.17, 15) is 4.79 Å². The van der Waals surface area contributed by atoms with Gasteiger partial charge in [-0.3, -0.25) is 4.90 Å². The zero-order valence-corrected chi connectivity index (χ0v) is 17.0. The van der Waals surface area contributed by atoms with Crippen molar-refractivity contribution in [3.05, 3.63) is 26.7 Å². The minimum Gasteiger partial charge on any atom is -0.443 e. The van der Waals surface area contributed by atoms with E-state index in [1.807, 2.05) is 26.8 Å². The molecule has 1 aliphatic heterocycles. The van der Waals surface area contributed by atoms with Gasteiger partial charge in [-0.2, -0.15) is 0 Å². The summed E-state index contributed by atoms with van der Waals surface area (Å²) >= 11 is 10.1. The van der Waals surface area contributed by atoms with E-state index in [4.69, 9.17) is 16.3 Å². The molecule has 0 aliphatic carbocycles. The molecule has 0 radical (unpaired) electrons. The molecule has 0 saturated heterocycles. The van der Waals surface area contributed by atoms with Crippen LogP contribution in [-0.2, 0) is 11.2 Å². The van der Waals surface area contributed by atoms with Gasteiger partial charge in [-0.1, -0.05) is 25.4 Å². The molecule has 1 heterocycles. The van der Waals surface area contributed by atoms with Crippen LogP contribution >= 0.6 is 27.5 Å². The van der Waals surface area contributed by atoms with Crippen molar-refractivity contribution in [1.29, 1.82) is 0 Å². The first-order valence-electron chi connectivity index (χ1n) is 8.06. The Morgan fingerprint density at radius 1 is 1.43 bits per heavy atom. The summed E-state index contributed by atoms with van der Waals surface area (Å²) in [6.07, 6.45) is 1.44. The second-order valence-electron chi connectivity index (χ2n) is 7.48. The number of carbonyl (C=O) groups is 1. The highest BCUT2D eigenvalue weighted by atomic mass is 79.9. The van der Waals surface area contributed by atoms with Crippen LogP contribution < -0.4 is 4.90 Å². The maximum Gasteiger partial charge on any atom is 0.415 e. The van der Waals surface area contributed by atoms with Crippen molar-refractivity contribution in [2.24, 2.45) is 0 Å². The Balaban J connectivity index is 2.60. The Morgan fingerprint density at radius 2 is 2.04 bits per heavy atom. The molecule has 0 bridgehead atoms. The van der Waals surface area contributed by atoms with Crippen LogP contribution in [0.1, 0.15) is 65.0 Å². The molecule has 1 aromatic carbocycles. The maximum absolute atomic E-state index is 12.8. The van der Waals surface area contributed by atoms with Crippen molar-refractivity contribution in [2.45, 2.75) is 71.9 Å². The number of benzene rings is 1. The molecule has 0 aromatic heterocycles. The lowest BCUT2D eigenvalue weighted by Gasteiger charge is -2.38. The van der Waals surface area contributed by atoms with E-state index < -0.39 is 5.60 Å². The van der Waals surface area contributed by atoms with Crippen LogP contribution in [0.3, 0.4) is 0 Å². The summed E-state index contributed by atoms with van der Waals surface area (Å²) in [5.74, 6) is 0.285. The Morgan fingerprint density at radius 3 is 2.57 bits per heavy atom. The summed E-state index contributed by atoms with van der Waals surface area (Å²) in [7, 11) is 0. The molecule has 1 unspecified atom stereocenters. The Labute approximate surface area is 152 Å². The molecular formula is C18H25BrClNO2. The lowest BCUT2D eigenvalue weighted by Crippen LogP contribution is -2.45. The van der Waals surface area contributed by atoms with E-state index in [0.29, 0.717) is 5.02 Å². The van der Waals surface area contributed by atoms with Gasteiger partial charge in [-0.25, -0.2) is 4.79 Å². The van der Waals surface area contributed by atoms with Gasteiger partial charge in [0.2, 0.25) is 0 Å². The molecular weight excluding hydrogens is 378 g/mol. The number of rotatable bonds is 1. The largest absolute Gasteiger partial charge is 0.443 e. The average molecular weight is 403 g/mol. The second-order valence-corrected chi connectivity index (χ2v) is 8.71. The van der Waals surface area contributed by atoms with Crippen LogP contribution in [0.2, 0.25) is 5.02 Å². The molecule has 5 heteroatoms. The summed E-state index contributed by atoms with van der Waals surface area (Å²) in [5.41, 5.74) is 2.56. The molecule has 1 aromatic rings. The van der Waals surface area contributed by atoms with Crippen LogP contribution in [0.5, 0.6) is 0 Å². The van der Waals surface area contributed by atoms with Gasteiger partial charge in [0.1, 0.15) is 5.60 Å². The fourth-order valence-electron chi connectivity index (χ4n) is 2.93. The normalized spacial score (nSPS) is 18.1. The lowest BCUT2D eigenvalue weighted by molar-refractivity contribution is 0.0563. The zero-order valence-electron chi connectivity index (χ0n) is 14.7. The highest BCUT2D eigenvalue weighted by Gasteiger charge is 2.35. The molecule has 1 atom stereocenters. The molecule has 1 amide bonds. The second kappa shape index (κ2) is 6.64. The van der Waals surface area contributed by atoms with Gasteiger partial charge in [0.15, 0.2) is 0 Å². The quantitative estimate of drug-likeness (QED) is 0.551. The molecule has 3 nitrogen and oxygen atoms in total. The summed E-state index contributed by atoms with van der Waals surface area (Å²) in [6.45, 7) is 12.0. The summed E-state index contributed by atoms with van der Waals surface area (Å²) < 4.78 is 6.53. The molecule has 0 N–H and O–H groups in total. The third-order valence-electron chi connectivity index (χ3n) is 4.02. The molecule has 0 saturated carbocycles. The van der Waals surface area contributed by atoms with Crippen molar-refractivity contribution in [3.8, 4) is 0 Å². The number of hydrogen-bond donors (Lipinski definition) is 0. The van der Waals surface area contributed by atoms with Gasteiger partial charge in [0.25, 0.3) is 0 Å². The van der Waals surface area contributed by atoms with Crippen LogP contribution in [0.15, 0.2) is 10.5 Å². The van der Waals surface area contributed by atoms with Crippen LogP contribution in [-0.4, -0.2) is 17.7 Å². The number of ether oxygens (including phenoxy) is 1. The van der Waals surface area contributed by atoms with Gasteiger partial charge in [0, 0.05) is 10.5 Å². The Bertz CT molecular complexity index is 622. The van der Waals surface area contributed by atoms with E-state index >= 15 is 0 Å². The monoisotopic (exact) mass is 401 g/mol. The Kier molecular flexibility index (Phi) is 5.37. The van der Waals surface area contributed by atoms with Gasteiger partial charge in [-0.15, -0.1) is 0 Å². The fourth-order valence-corrected chi connectivity index (χ4v) is 3.65. The van der Waals surface area contributed by atoms with E-state index in [1.54, 1.807) is 4.90 Å². The van der Waals surface area contributed by atoms with Gasteiger partial charge in [0.05, 0.1) is 10.7 Å². The zero-order chi connectivity index (χ0) is 17.5. The average Bonchev–Trinajstić information content (AvgIpc) is 2.40. The minimum atomic E-state index is -0.522. The van der Waals surface area contributed by atoms with E-state index in [1.165, 1.54) is 0 Å². The van der Waals surface area contributed by atoms with Crippen molar-refractivity contribution >= 4 is 39.3 Å². The van der Waals surface area contributed by atoms with E-state index in [-0.39, 0.29) is 18.1 Å². The minimum absolute atomic E-state index is 0.0899. The molecule has 23 heavy (non-hydrogen) atoms. The molecule has 128 valence electrons. The van der Waals surface area contributed by atoms with Crippen LogP contribution in [0, 0.1) is 0 Å². The SMILES string of the molecule is CC(C)c1cc(Br)c(Cl)c2c1N(C(=O)OC(C)(C)C)C(C)CC2. The third kappa shape index (κ3) is 3.85. The molecule has 0 fully saturated rings. The molecule has 0 spiro atoms. The van der Waals surface area contributed by atoms with Gasteiger partial charge < -0.3 is 4.74 Å². The number of halogens is 2. The van der Waals surface area contributed by atoms with Crippen molar-refractivity contribution in [1.82, 2.24) is 0 Å². The van der Waals surface area contributed by atoms with Crippen LogP contribution in [0.25, 0.3) is 0 Å². The number of fused-ring (bicyclic) bond motifs is 1. The van der Waals surface area contributed by atoms with E-state index in [0.717, 1.165) is 34.1 Å². The first-order chi connectivity index (χ1) is 10.5. The molecule has 2 rings (SSSR count). The third-order valence-corrected chi connectivity index (χ3v) is 5.31. The molecule has 1 aliphatic rings. The number of carbonyl (C=O) groups excluding carboxylic acids is 1. The standard InChI is InChI=1S/C18H25BrClNO2/c1-10(2)13-9-14(19)15(20)12-8-7-11(3)21(16(12)13)17(22)23-18(4,5)6/h9-11H,7-8H2,1-6H3. The van der Waals surface area contributed by atoms with E-state index in [2.05, 4.69) is 36.7 Å². The highest BCUT2D eigenvalue weighted by molar-refractivity contribution is 9.10. The predicted molar refractivity (Wildman–Crippen MR) is 99.7 cm³/mol. The number of anilines is 1. The fraction of sp³-hybridized carbons (Fsp3) is 0.611. The van der Waals surface area contributed by atoms with Crippen molar-refractivity contribution < 1.29 is 9.53 Å². The Hall–Kier alpha value is -0.740. The van der Waals surface area contributed by atoms with Crippen molar-refractivity contribution in [2.75, 3.05) is 4.90 Å². The summed E-state index contributed by atoms with van der Waals surface area (Å²) in [4.78, 5) is 14.6.